The molecular formula is C38H41FN6. The zero-order chi connectivity index (χ0) is 32.9. The van der Waals surface area contributed by atoms with Crippen molar-refractivity contribution in [2.24, 2.45) is 0 Å². The van der Waals surface area contributed by atoms with Crippen LogP contribution in [0.1, 0.15) is 44.5 Å². The van der Waals surface area contributed by atoms with E-state index in [4.69, 9.17) is 11.1 Å². The molecule has 0 saturated heterocycles. The first kappa shape index (κ1) is 33.9. The van der Waals surface area contributed by atoms with Crippen molar-refractivity contribution in [3.63, 3.8) is 0 Å². The summed E-state index contributed by atoms with van der Waals surface area (Å²) in [5.41, 5.74) is 13.8. The van der Waals surface area contributed by atoms with E-state index in [0.29, 0.717) is 28.9 Å². The third-order valence-corrected chi connectivity index (χ3v) is 6.87. The van der Waals surface area contributed by atoms with Gasteiger partial charge in [0.25, 0.3) is 0 Å². The highest BCUT2D eigenvalue weighted by atomic mass is 19.1. The Bertz CT molecular complexity index is 1740. The summed E-state index contributed by atoms with van der Waals surface area (Å²) in [5.74, 6) is -0.517. The van der Waals surface area contributed by atoms with Gasteiger partial charge in [-0.15, -0.1) is 0 Å². The number of anilines is 2. The summed E-state index contributed by atoms with van der Waals surface area (Å²) in [5, 5.41) is 15.3. The maximum Gasteiger partial charge on any atom is 0.133 e. The quantitative estimate of drug-likeness (QED) is 0.0738. The van der Waals surface area contributed by atoms with Crippen molar-refractivity contribution >= 4 is 22.7 Å². The van der Waals surface area contributed by atoms with Gasteiger partial charge in [0.1, 0.15) is 5.82 Å². The molecule has 45 heavy (non-hydrogen) atoms. The van der Waals surface area contributed by atoms with Gasteiger partial charge in [-0.3, -0.25) is 15.4 Å². The van der Waals surface area contributed by atoms with Crippen LogP contribution < -0.4 is 16.4 Å². The molecule has 0 saturated carbocycles. The van der Waals surface area contributed by atoms with E-state index < -0.39 is 5.82 Å². The van der Waals surface area contributed by atoms with Gasteiger partial charge in [0.05, 0.1) is 29.0 Å². The molecule has 230 valence electrons. The summed E-state index contributed by atoms with van der Waals surface area (Å²) in [4.78, 5) is 8.75. The number of rotatable bonds is 12. The smallest absolute Gasteiger partial charge is 0.133 e. The van der Waals surface area contributed by atoms with Gasteiger partial charge < -0.3 is 16.4 Å². The first-order valence-electron chi connectivity index (χ1n) is 14.7. The second-order valence-electron chi connectivity index (χ2n) is 10.0. The van der Waals surface area contributed by atoms with Gasteiger partial charge in [-0.25, -0.2) is 4.39 Å². The van der Waals surface area contributed by atoms with E-state index in [1.807, 2.05) is 82.3 Å². The van der Waals surface area contributed by atoms with E-state index in [0.717, 1.165) is 33.8 Å². The number of benzene rings is 2. The Hall–Kier alpha value is -5.56. The minimum absolute atomic E-state index is 0.0384. The highest BCUT2D eigenvalue weighted by molar-refractivity contribution is 6.13. The number of hydrogen-bond acceptors (Lipinski definition) is 6. The molecule has 5 N–H and O–H groups in total. The van der Waals surface area contributed by atoms with Crippen LogP contribution in [0.3, 0.4) is 0 Å². The summed E-state index contributed by atoms with van der Waals surface area (Å²) >= 11 is 0. The SMILES string of the molecule is C=C/C=C(\C(C)=C(/C)NC(=C)C(=N)c1cc(-c2cncc(NC(=C)Cc3ccccc3)c2)c(F)cc1N)c1ccccn1.CC. The Labute approximate surface area is 266 Å². The molecule has 7 heteroatoms. The fourth-order valence-electron chi connectivity index (χ4n) is 4.56. The number of pyridine rings is 2. The van der Waals surface area contributed by atoms with Crippen LogP contribution in [0.15, 0.2) is 140 Å². The van der Waals surface area contributed by atoms with Gasteiger partial charge in [0.2, 0.25) is 0 Å². The molecule has 0 radical (unpaired) electrons. The van der Waals surface area contributed by atoms with E-state index >= 15 is 4.39 Å². The van der Waals surface area contributed by atoms with Crippen LogP contribution in [0.4, 0.5) is 15.8 Å². The van der Waals surface area contributed by atoms with Crippen molar-refractivity contribution in [3.05, 3.63) is 163 Å². The number of nitrogen functional groups attached to an aromatic ring is 1. The van der Waals surface area contributed by atoms with E-state index in [1.54, 1.807) is 36.8 Å². The summed E-state index contributed by atoms with van der Waals surface area (Å²) in [6.45, 7) is 19.9. The standard InChI is InChI=1S/C36H35FN6.C2H6/c1-6-12-30(35-15-10-11-16-41-35)24(3)25(4)43-26(5)36(39)32-19-31(33(37)20-34(32)38)28-18-29(22-40-21-28)42-23(2)17-27-13-8-7-9-14-27;1-2/h6-16,18-22,39,42-43H,1-2,5,17,38H2,3-4H3;1-2H3/b25-24+,30-12+,39-36?;. The zero-order valence-electron chi connectivity index (χ0n) is 26.4. The Balaban J connectivity index is 0.00000271. The highest BCUT2D eigenvalue weighted by Gasteiger charge is 2.17. The van der Waals surface area contributed by atoms with Crippen LogP contribution in [-0.2, 0) is 6.42 Å². The van der Waals surface area contributed by atoms with Gasteiger partial charge in [0, 0.05) is 58.2 Å². The molecule has 0 spiro atoms. The maximum absolute atomic E-state index is 15.2. The largest absolute Gasteiger partial charge is 0.398 e. The molecule has 2 heterocycles. The van der Waals surface area contributed by atoms with Gasteiger partial charge >= 0.3 is 0 Å². The Kier molecular flexibility index (Phi) is 12.3. The second kappa shape index (κ2) is 16.3. The molecule has 6 nitrogen and oxygen atoms in total. The minimum Gasteiger partial charge on any atom is -0.398 e. The number of hydrogen-bond donors (Lipinski definition) is 4. The van der Waals surface area contributed by atoms with Gasteiger partial charge in [-0.1, -0.05) is 82.1 Å². The number of aromatic nitrogens is 2. The van der Waals surface area contributed by atoms with Gasteiger partial charge in [-0.2, -0.15) is 0 Å². The number of nitrogens with one attached hydrogen (secondary N) is 3. The second-order valence-corrected chi connectivity index (χ2v) is 10.0. The van der Waals surface area contributed by atoms with Crippen molar-refractivity contribution in [2.45, 2.75) is 34.1 Å². The van der Waals surface area contributed by atoms with Crippen LogP contribution >= 0.6 is 0 Å². The lowest BCUT2D eigenvalue weighted by atomic mass is 9.97. The molecule has 0 atom stereocenters. The summed E-state index contributed by atoms with van der Waals surface area (Å²) < 4.78 is 15.2. The molecule has 0 aliphatic heterocycles. The average Bonchev–Trinajstić information content (AvgIpc) is 3.05. The number of allylic oxidation sites excluding steroid dienone is 7. The molecular weight excluding hydrogens is 559 g/mol. The van der Waals surface area contributed by atoms with E-state index in [1.165, 1.54) is 6.07 Å². The fourth-order valence-corrected chi connectivity index (χ4v) is 4.56. The van der Waals surface area contributed by atoms with Crippen LogP contribution in [0, 0.1) is 11.2 Å². The maximum atomic E-state index is 15.2. The van der Waals surface area contributed by atoms with Crippen molar-refractivity contribution in [1.29, 1.82) is 5.41 Å². The van der Waals surface area contributed by atoms with Crippen LogP contribution in [0.2, 0.25) is 0 Å². The van der Waals surface area contributed by atoms with E-state index in [9.17, 15) is 0 Å². The van der Waals surface area contributed by atoms with Crippen molar-refractivity contribution in [1.82, 2.24) is 15.3 Å². The molecule has 0 aliphatic rings. The minimum atomic E-state index is -0.517. The zero-order valence-corrected chi connectivity index (χ0v) is 26.4. The van der Waals surface area contributed by atoms with Gasteiger partial charge in [-0.05, 0) is 55.3 Å². The number of halogens is 1. The lowest BCUT2D eigenvalue weighted by molar-refractivity contribution is 0.632. The van der Waals surface area contributed by atoms with E-state index in [-0.39, 0.29) is 17.0 Å². The first-order chi connectivity index (χ1) is 21.7. The Morgan fingerprint density at radius 3 is 2.38 bits per heavy atom. The molecule has 2 aromatic heterocycles. The van der Waals surface area contributed by atoms with Crippen LogP contribution in [0.25, 0.3) is 16.7 Å². The Morgan fingerprint density at radius 2 is 1.71 bits per heavy atom. The summed E-state index contributed by atoms with van der Waals surface area (Å²) in [7, 11) is 0. The fraction of sp³-hybridized carbons (Fsp3) is 0.132. The molecule has 0 aliphatic carbocycles. The average molecular weight is 601 g/mol. The lowest BCUT2D eigenvalue weighted by Crippen LogP contribution is -2.20. The van der Waals surface area contributed by atoms with Crippen molar-refractivity contribution < 1.29 is 4.39 Å². The predicted molar refractivity (Wildman–Crippen MR) is 188 cm³/mol. The normalized spacial score (nSPS) is 11.4. The molecule has 0 amide bonds. The third-order valence-electron chi connectivity index (χ3n) is 6.87. The predicted octanol–water partition coefficient (Wildman–Crippen LogP) is 9.09. The molecule has 0 bridgehead atoms. The van der Waals surface area contributed by atoms with Crippen LogP contribution in [-0.4, -0.2) is 15.7 Å². The van der Waals surface area contributed by atoms with Crippen molar-refractivity contribution in [2.75, 3.05) is 11.1 Å². The number of nitrogens with zero attached hydrogens (tertiary/aromatic N) is 2. The molecule has 0 unspecified atom stereocenters. The lowest BCUT2D eigenvalue weighted by Gasteiger charge is -2.18. The Morgan fingerprint density at radius 1 is 1.00 bits per heavy atom. The highest BCUT2D eigenvalue weighted by Crippen LogP contribution is 2.30. The van der Waals surface area contributed by atoms with Crippen LogP contribution in [0.5, 0.6) is 0 Å². The molecule has 4 rings (SSSR count). The molecule has 4 aromatic rings. The third kappa shape index (κ3) is 8.97. The van der Waals surface area contributed by atoms with Gasteiger partial charge in [0.15, 0.2) is 0 Å². The number of nitrogens with two attached hydrogens (primary N) is 1. The monoisotopic (exact) mass is 600 g/mol. The van der Waals surface area contributed by atoms with Crippen molar-refractivity contribution in [3.8, 4) is 11.1 Å². The molecule has 2 aromatic carbocycles. The first-order valence-corrected chi connectivity index (χ1v) is 14.7. The topological polar surface area (TPSA) is 99.7 Å². The summed E-state index contributed by atoms with van der Waals surface area (Å²) in [6, 6.07) is 20.2. The summed E-state index contributed by atoms with van der Waals surface area (Å²) in [6.07, 6.45) is 9.18. The van der Waals surface area contributed by atoms with E-state index in [2.05, 4.69) is 40.3 Å². The molecule has 0 fully saturated rings.